The van der Waals surface area contributed by atoms with E-state index >= 15 is 0 Å². The largest absolute Gasteiger partial charge is 0.321 e. The Morgan fingerprint density at radius 3 is 3.05 bits per heavy atom. The second-order valence-corrected chi connectivity index (χ2v) is 7.50. The number of nitrogens with two attached hydrogens (primary N) is 1. The van der Waals surface area contributed by atoms with Crippen LogP contribution in [0, 0.1) is 0 Å². The number of nitrogens with one attached hydrogen (secondary N) is 2. The fourth-order valence-corrected chi connectivity index (χ4v) is 4.90. The summed E-state index contributed by atoms with van der Waals surface area (Å²) in [6, 6.07) is 5.01. The number of hydrogen-bond donors (Lipinski definition) is 3. The number of fused-ring (bicyclic) bond motifs is 1. The summed E-state index contributed by atoms with van der Waals surface area (Å²) in [5, 5.41) is 1.93. The lowest BCUT2D eigenvalue weighted by Gasteiger charge is -2.23. The van der Waals surface area contributed by atoms with Gasteiger partial charge in [0.05, 0.1) is 5.69 Å². The molecule has 0 bridgehead atoms. The maximum atomic E-state index is 12.5. The molecule has 3 rings (SSSR count). The van der Waals surface area contributed by atoms with Crippen LogP contribution in [0.1, 0.15) is 29.3 Å². The predicted molar refractivity (Wildman–Crippen MR) is 82.4 cm³/mol. The van der Waals surface area contributed by atoms with Crippen molar-refractivity contribution in [3.05, 3.63) is 40.2 Å². The fourth-order valence-electron chi connectivity index (χ4n) is 2.57. The molecule has 0 aliphatic heterocycles. The van der Waals surface area contributed by atoms with Crippen molar-refractivity contribution >= 4 is 27.0 Å². The highest BCUT2D eigenvalue weighted by Gasteiger charge is 2.28. The summed E-state index contributed by atoms with van der Waals surface area (Å²) in [7, 11) is -3.72. The highest BCUT2D eigenvalue weighted by atomic mass is 32.2. The molecule has 1 unspecified atom stereocenters. The molecule has 4 N–H and O–H groups in total. The van der Waals surface area contributed by atoms with Crippen LogP contribution in [0.2, 0.25) is 0 Å². The number of thiophene rings is 1. The molecule has 1 atom stereocenters. The van der Waals surface area contributed by atoms with E-state index in [2.05, 4.69) is 15.1 Å². The van der Waals surface area contributed by atoms with Gasteiger partial charge in [0.2, 0.25) is 0 Å². The van der Waals surface area contributed by atoms with Gasteiger partial charge in [0, 0.05) is 17.1 Å². The molecule has 21 heavy (non-hydrogen) atoms. The molecule has 0 saturated heterocycles. The van der Waals surface area contributed by atoms with Crippen molar-refractivity contribution in [1.29, 1.82) is 0 Å². The molecule has 0 aromatic carbocycles. The van der Waals surface area contributed by atoms with Crippen LogP contribution < -0.4 is 16.0 Å². The van der Waals surface area contributed by atoms with Gasteiger partial charge in [-0.25, -0.2) is 18.1 Å². The average molecular weight is 324 g/mol. The molecule has 2 aromatic heterocycles. The zero-order chi connectivity index (χ0) is 14.9. The molecule has 8 heteroatoms. The summed E-state index contributed by atoms with van der Waals surface area (Å²) in [5.41, 5.74) is 3.73. The van der Waals surface area contributed by atoms with Crippen LogP contribution in [0.25, 0.3) is 0 Å². The Hall–Kier alpha value is -1.48. The third-order valence-corrected chi connectivity index (χ3v) is 5.96. The van der Waals surface area contributed by atoms with E-state index in [-0.39, 0.29) is 16.8 Å². The molecule has 0 saturated carbocycles. The quantitative estimate of drug-likeness (QED) is 0.588. The zero-order valence-corrected chi connectivity index (χ0v) is 12.9. The minimum Gasteiger partial charge on any atom is -0.321 e. The number of nitrogen functional groups attached to an aromatic ring is 1. The van der Waals surface area contributed by atoms with E-state index < -0.39 is 10.0 Å². The zero-order valence-electron chi connectivity index (χ0n) is 11.2. The Bertz CT molecular complexity index is 742. The van der Waals surface area contributed by atoms with E-state index in [0.717, 1.165) is 24.8 Å². The average Bonchev–Trinajstić information content (AvgIpc) is 2.96. The maximum absolute atomic E-state index is 12.5. The van der Waals surface area contributed by atoms with Gasteiger partial charge in [-0.1, -0.05) is 0 Å². The Morgan fingerprint density at radius 1 is 1.38 bits per heavy atom. The van der Waals surface area contributed by atoms with Crippen molar-refractivity contribution in [2.75, 3.05) is 5.43 Å². The van der Waals surface area contributed by atoms with Gasteiger partial charge < -0.3 is 5.43 Å². The van der Waals surface area contributed by atoms with Gasteiger partial charge in [0.1, 0.15) is 0 Å². The standard InChI is InChI=1S/C13H16N4O2S2/c14-16-11-4-2-7-15-13(11)21(18,19)17-10-3-1-5-12-9(10)6-8-20-12/h2,4,6-8,10,16-17H,1,3,5,14H2. The molecule has 0 fully saturated rings. The number of pyridine rings is 1. The first kappa shape index (κ1) is 14.5. The molecule has 6 nitrogen and oxygen atoms in total. The molecule has 0 radical (unpaired) electrons. The number of nitrogens with zero attached hydrogens (tertiary/aromatic N) is 1. The summed E-state index contributed by atoms with van der Waals surface area (Å²) in [5.74, 6) is 5.36. The first-order chi connectivity index (χ1) is 10.1. The Balaban J connectivity index is 1.91. The molecule has 0 amide bonds. The molecule has 2 aromatic rings. The lowest BCUT2D eigenvalue weighted by molar-refractivity contribution is 0.509. The predicted octanol–water partition coefficient (Wildman–Crippen LogP) is 1.78. The smallest absolute Gasteiger partial charge is 0.260 e. The second-order valence-electron chi connectivity index (χ2n) is 4.87. The van der Waals surface area contributed by atoms with Gasteiger partial charge >= 0.3 is 0 Å². The molecular formula is C13H16N4O2S2. The minimum absolute atomic E-state index is 0.0742. The lowest BCUT2D eigenvalue weighted by Crippen LogP contribution is -2.31. The third-order valence-electron chi connectivity index (χ3n) is 3.53. The lowest BCUT2D eigenvalue weighted by atomic mass is 9.95. The van der Waals surface area contributed by atoms with Gasteiger partial charge in [0.15, 0.2) is 5.03 Å². The van der Waals surface area contributed by atoms with Crippen molar-refractivity contribution in [3.8, 4) is 0 Å². The SMILES string of the molecule is NNc1cccnc1S(=O)(=O)NC1CCCc2sccc21. The van der Waals surface area contributed by atoms with Gasteiger partial charge in [-0.3, -0.25) is 5.84 Å². The van der Waals surface area contributed by atoms with Crippen molar-refractivity contribution in [2.24, 2.45) is 5.84 Å². The Morgan fingerprint density at radius 2 is 2.24 bits per heavy atom. The summed E-state index contributed by atoms with van der Waals surface area (Å²) in [6.45, 7) is 0. The summed E-state index contributed by atoms with van der Waals surface area (Å²) in [6.07, 6.45) is 4.23. The Labute approximate surface area is 127 Å². The van der Waals surface area contributed by atoms with E-state index in [0.29, 0.717) is 0 Å². The van der Waals surface area contributed by atoms with Gasteiger partial charge in [-0.05, 0) is 48.4 Å². The topological polar surface area (TPSA) is 97.1 Å². The number of anilines is 1. The van der Waals surface area contributed by atoms with Crippen LogP contribution in [0.15, 0.2) is 34.8 Å². The number of rotatable bonds is 4. The van der Waals surface area contributed by atoms with Crippen molar-refractivity contribution < 1.29 is 8.42 Å². The first-order valence-electron chi connectivity index (χ1n) is 6.62. The van der Waals surface area contributed by atoms with Crippen LogP contribution in [0.3, 0.4) is 0 Å². The summed E-state index contributed by atoms with van der Waals surface area (Å²) in [4.78, 5) is 5.20. The Kier molecular flexibility index (Phi) is 3.94. The number of aromatic nitrogens is 1. The first-order valence-corrected chi connectivity index (χ1v) is 8.98. The van der Waals surface area contributed by atoms with Crippen LogP contribution >= 0.6 is 11.3 Å². The van der Waals surface area contributed by atoms with Gasteiger partial charge in [-0.15, -0.1) is 11.3 Å². The second kappa shape index (κ2) is 5.72. The maximum Gasteiger partial charge on any atom is 0.260 e. The molecule has 2 heterocycles. The highest BCUT2D eigenvalue weighted by molar-refractivity contribution is 7.89. The van der Waals surface area contributed by atoms with E-state index in [4.69, 9.17) is 5.84 Å². The normalized spacial score (nSPS) is 18.2. The third kappa shape index (κ3) is 2.80. The van der Waals surface area contributed by atoms with E-state index in [1.165, 1.54) is 11.1 Å². The number of sulfonamides is 1. The summed E-state index contributed by atoms with van der Waals surface area (Å²) >= 11 is 1.68. The molecule has 0 spiro atoms. The van der Waals surface area contributed by atoms with Crippen LogP contribution in [-0.2, 0) is 16.4 Å². The van der Waals surface area contributed by atoms with Crippen molar-refractivity contribution in [1.82, 2.24) is 9.71 Å². The minimum atomic E-state index is -3.72. The molecule has 112 valence electrons. The van der Waals surface area contributed by atoms with Crippen molar-refractivity contribution in [3.63, 3.8) is 0 Å². The fraction of sp³-hybridized carbons (Fsp3) is 0.308. The van der Waals surface area contributed by atoms with E-state index in [9.17, 15) is 8.42 Å². The van der Waals surface area contributed by atoms with Gasteiger partial charge in [0.25, 0.3) is 10.0 Å². The number of hydrazine groups is 1. The van der Waals surface area contributed by atoms with Gasteiger partial charge in [-0.2, -0.15) is 0 Å². The van der Waals surface area contributed by atoms with E-state index in [1.54, 1.807) is 23.5 Å². The number of hydrogen-bond acceptors (Lipinski definition) is 6. The molecule has 1 aliphatic carbocycles. The van der Waals surface area contributed by atoms with Crippen LogP contribution in [0.5, 0.6) is 0 Å². The van der Waals surface area contributed by atoms with Crippen LogP contribution in [0.4, 0.5) is 5.69 Å². The highest BCUT2D eigenvalue weighted by Crippen LogP contribution is 2.34. The van der Waals surface area contributed by atoms with E-state index in [1.807, 2.05) is 11.4 Å². The monoisotopic (exact) mass is 324 g/mol. The molecule has 1 aliphatic rings. The van der Waals surface area contributed by atoms with Crippen molar-refractivity contribution in [2.45, 2.75) is 30.3 Å². The summed E-state index contributed by atoms with van der Waals surface area (Å²) < 4.78 is 27.8. The van der Waals surface area contributed by atoms with Crippen LogP contribution in [-0.4, -0.2) is 13.4 Å². The number of aryl methyl sites for hydroxylation is 1. The molecular weight excluding hydrogens is 308 g/mol.